The molecule has 27 heavy (non-hydrogen) atoms. The van der Waals surface area contributed by atoms with Gasteiger partial charge in [-0.15, -0.1) is 0 Å². The Morgan fingerprint density at radius 3 is 2.41 bits per heavy atom. The van der Waals surface area contributed by atoms with Crippen LogP contribution in [0, 0.1) is 0 Å². The maximum atomic E-state index is 12.9. The second-order valence-corrected chi connectivity index (χ2v) is 8.05. The second kappa shape index (κ2) is 8.87. The molecule has 0 radical (unpaired) electrons. The zero-order chi connectivity index (χ0) is 18.5. The van der Waals surface area contributed by atoms with Gasteiger partial charge in [-0.1, -0.05) is 18.6 Å². The van der Waals surface area contributed by atoms with Gasteiger partial charge in [-0.05, 0) is 70.3 Å². The van der Waals surface area contributed by atoms with Crippen molar-refractivity contribution in [1.82, 2.24) is 19.4 Å². The quantitative estimate of drug-likeness (QED) is 0.784. The van der Waals surface area contributed by atoms with Gasteiger partial charge < -0.3 is 14.4 Å². The van der Waals surface area contributed by atoms with Gasteiger partial charge in [0.05, 0.1) is 11.0 Å². The number of carbonyl (C=O) groups excluding carboxylic acids is 1. The molecule has 2 saturated heterocycles. The minimum atomic E-state index is 0.245. The van der Waals surface area contributed by atoms with E-state index in [-0.39, 0.29) is 5.91 Å². The highest BCUT2D eigenvalue weighted by Crippen LogP contribution is 2.19. The number of imidazole rings is 1. The van der Waals surface area contributed by atoms with Crippen LogP contribution in [-0.2, 0) is 17.8 Å². The Morgan fingerprint density at radius 1 is 0.926 bits per heavy atom. The van der Waals surface area contributed by atoms with E-state index >= 15 is 0 Å². The molecule has 0 saturated carbocycles. The average molecular weight is 369 g/mol. The number of hydrogen-bond donors (Lipinski definition) is 0. The molecule has 0 unspecified atom stereocenters. The van der Waals surface area contributed by atoms with E-state index < -0.39 is 0 Å². The molecule has 3 heterocycles. The Kier molecular flexibility index (Phi) is 6.07. The first-order valence-corrected chi connectivity index (χ1v) is 10.8. The smallest absolute Gasteiger partial charge is 0.242 e. The summed E-state index contributed by atoms with van der Waals surface area (Å²) in [7, 11) is 0. The van der Waals surface area contributed by atoms with Gasteiger partial charge in [0.15, 0.2) is 0 Å². The number of hydrogen-bond acceptors (Lipinski definition) is 3. The summed E-state index contributed by atoms with van der Waals surface area (Å²) in [6, 6.07) is 8.23. The molecule has 2 aliphatic heterocycles. The molecule has 0 atom stereocenters. The van der Waals surface area contributed by atoms with Crippen LogP contribution in [0.15, 0.2) is 24.3 Å². The van der Waals surface area contributed by atoms with Gasteiger partial charge >= 0.3 is 0 Å². The van der Waals surface area contributed by atoms with E-state index in [1.807, 2.05) is 17.0 Å². The fourth-order valence-electron chi connectivity index (χ4n) is 4.52. The average Bonchev–Trinajstić information content (AvgIpc) is 3.07. The standard InChI is InChI=1S/C22H32N4O/c27-22(25-16-7-2-8-17-25)18-26-20-11-4-3-10-19(20)23-21(26)12-9-15-24-13-5-1-6-14-24/h3-4,10-11H,1-2,5-9,12-18H2. The lowest BCUT2D eigenvalue weighted by Crippen LogP contribution is -2.38. The van der Waals surface area contributed by atoms with Crippen molar-refractivity contribution in [3.8, 4) is 0 Å². The number of benzene rings is 1. The highest BCUT2D eigenvalue weighted by atomic mass is 16.2. The third-order valence-corrected chi connectivity index (χ3v) is 6.06. The van der Waals surface area contributed by atoms with E-state index in [0.717, 1.165) is 62.2 Å². The highest BCUT2D eigenvalue weighted by molar-refractivity contribution is 5.81. The Morgan fingerprint density at radius 2 is 1.63 bits per heavy atom. The second-order valence-electron chi connectivity index (χ2n) is 8.05. The summed E-state index contributed by atoms with van der Waals surface area (Å²) >= 11 is 0. The molecule has 5 heteroatoms. The number of piperidine rings is 2. The topological polar surface area (TPSA) is 41.4 Å². The third-order valence-electron chi connectivity index (χ3n) is 6.06. The Balaban J connectivity index is 1.45. The molecule has 2 aromatic rings. The van der Waals surface area contributed by atoms with Crippen molar-refractivity contribution in [3.63, 3.8) is 0 Å². The number of fused-ring (bicyclic) bond motifs is 1. The number of carbonyl (C=O) groups is 1. The predicted octanol–water partition coefficient (Wildman–Crippen LogP) is 3.47. The Bertz CT molecular complexity index is 757. The largest absolute Gasteiger partial charge is 0.341 e. The van der Waals surface area contributed by atoms with Crippen molar-refractivity contribution < 1.29 is 4.79 Å². The van der Waals surface area contributed by atoms with Crippen molar-refractivity contribution in [2.24, 2.45) is 0 Å². The van der Waals surface area contributed by atoms with E-state index in [0.29, 0.717) is 6.54 Å². The number of likely N-dealkylation sites (tertiary alicyclic amines) is 2. The molecule has 2 aliphatic rings. The lowest BCUT2D eigenvalue weighted by atomic mass is 10.1. The van der Waals surface area contributed by atoms with E-state index in [9.17, 15) is 4.79 Å². The van der Waals surface area contributed by atoms with Crippen LogP contribution in [0.2, 0.25) is 0 Å². The molecular weight excluding hydrogens is 336 g/mol. The van der Waals surface area contributed by atoms with Crippen LogP contribution in [0.5, 0.6) is 0 Å². The van der Waals surface area contributed by atoms with Crippen LogP contribution < -0.4 is 0 Å². The van der Waals surface area contributed by atoms with Crippen LogP contribution in [0.1, 0.15) is 50.8 Å². The van der Waals surface area contributed by atoms with Gasteiger partial charge in [0.25, 0.3) is 0 Å². The molecule has 1 aromatic heterocycles. The molecule has 5 nitrogen and oxygen atoms in total. The molecule has 0 aliphatic carbocycles. The summed E-state index contributed by atoms with van der Waals surface area (Å²) in [6.07, 6.45) is 9.63. The number of aromatic nitrogens is 2. The van der Waals surface area contributed by atoms with Crippen molar-refractivity contribution in [1.29, 1.82) is 0 Å². The zero-order valence-electron chi connectivity index (χ0n) is 16.4. The van der Waals surface area contributed by atoms with Gasteiger partial charge in [-0.25, -0.2) is 4.98 Å². The summed E-state index contributed by atoms with van der Waals surface area (Å²) in [5.41, 5.74) is 2.10. The minimum Gasteiger partial charge on any atom is -0.341 e. The molecule has 4 rings (SSSR count). The Hall–Kier alpha value is -1.88. The van der Waals surface area contributed by atoms with E-state index in [4.69, 9.17) is 4.98 Å². The summed E-state index contributed by atoms with van der Waals surface area (Å²) in [5.74, 6) is 1.31. The van der Waals surface area contributed by atoms with Crippen molar-refractivity contribution >= 4 is 16.9 Å². The normalized spacial score (nSPS) is 18.9. The minimum absolute atomic E-state index is 0.245. The van der Waals surface area contributed by atoms with Gasteiger partial charge in [0.2, 0.25) is 5.91 Å². The highest BCUT2D eigenvalue weighted by Gasteiger charge is 2.20. The number of rotatable bonds is 6. The Labute approximate surface area is 162 Å². The number of para-hydroxylation sites is 2. The maximum absolute atomic E-state index is 12.9. The lowest BCUT2D eigenvalue weighted by Gasteiger charge is -2.27. The van der Waals surface area contributed by atoms with Gasteiger partial charge in [-0.2, -0.15) is 0 Å². The fraction of sp³-hybridized carbons (Fsp3) is 0.636. The van der Waals surface area contributed by atoms with E-state index in [2.05, 4.69) is 21.6 Å². The van der Waals surface area contributed by atoms with Gasteiger partial charge in [0.1, 0.15) is 12.4 Å². The first-order chi connectivity index (χ1) is 13.3. The number of aryl methyl sites for hydroxylation is 1. The fourth-order valence-corrected chi connectivity index (χ4v) is 4.52. The van der Waals surface area contributed by atoms with Crippen molar-refractivity contribution in [2.75, 3.05) is 32.7 Å². The summed E-state index contributed by atoms with van der Waals surface area (Å²) in [5, 5.41) is 0. The third kappa shape index (κ3) is 4.52. The van der Waals surface area contributed by atoms with Crippen LogP contribution in [0.3, 0.4) is 0 Å². The summed E-state index contributed by atoms with van der Waals surface area (Å²) in [6.45, 7) is 5.88. The van der Waals surface area contributed by atoms with E-state index in [1.165, 1.54) is 38.8 Å². The predicted molar refractivity (Wildman–Crippen MR) is 109 cm³/mol. The van der Waals surface area contributed by atoms with E-state index in [1.54, 1.807) is 0 Å². The van der Waals surface area contributed by atoms with Crippen LogP contribution in [0.4, 0.5) is 0 Å². The molecule has 146 valence electrons. The molecular formula is C22H32N4O. The summed E-state index contributed by atoms with van der Waals surface area (Å²) < 4.78 is 2.17. The molecule has 0 N–H and O–H groups in total. The first-order valence-electron chi connectivity index (χ1n) is 10.8. The van der Waals surface area contributed by atoms with Crippen LogP contribution in [-0.4, -0.2) is 58.0 Å². The lowest BCUT2D eigenvalue weighted by molar-refractivity contribution is -0.132. The monoisotopic (exact) mass is 368 g/mol. The molecule has 1 amide bonds. The SMILES string of the molecule is O=C(Cn1c(CCCN2CCCCC2)nc2ccccc21)N1CCCCC1. The molecule has 0 spiro atoms. The van der Waals surface area contributed by atoms with Crippen molar-refractivity contribution in [2.45, 2.75) is 57.9 Å². The zero-order valence-corrected chi connectivity index (χ0v) is 16.4. The first kappa shape index (κ1) is 18.5. The number of nitrogens with zero attached hydrogens (tertiary/aromatic N) is 4. The van der Waals surface area contributed by atoms with Gasteiger partial charge in [-0.3, -0.25) is 4.79 Å². The molecule has 0 bridgehead atoms. The summed E-state index contributed by atoms with van der Waals surface area (Å²) in [4.78, 5) is 22.3. The molecule has 2 fully saturated rings. The maximum Gasteiger partial charge on any atom is 0.242 e. The van der Waals surface area contributed by atoms with Gasteiger partial charge in [0, 0.05) is 19.5 Å². The number of amides is 1. The van der Waals surface area contributed by atoms with Crippen LogP contribution >= 0.6 is 0 Å². The molecule has 1 aromatic carbocycles. The van der Waals surface area contributed by atoms with Crippen LogP contribution in [0.25, 0.3) is 11.0 Å². The van der Waals surface area contributed by atoms with Crippen molar-refractivity contribution in [3.05, 3.63) is 30.1 Å².